The highest BCUT2D eigenvalue weighted by Crippen LogP contribution is 2.35. The Morgan fingerprint density at radius 3 is 2.54 bits per heavy atom. The van der Waals surface area contributed by atoms with Gasteiger partial charge in [-0.15, -0.1) is 23.1 Å². The Bertz CT molecular complexity index is 1040. The van der Waals surface area contributed by atoms with Crippen molar-refractivity contribution < 1.29 is 0 Å². The summed E-state index contributed by atoms with van der Waals surface area (Å²) in [5.41, 5.74) is 6.59. The number of nitrogens with zero attached hydrogens (tertiary/aromatic N) is 1. The van der Waals surface area contributed by atoms with Crippen LogP contribution in [-0.2, 0) is 18.6 Å². The van der Waals surface area contributed by atoms with Gasteiger partial charge in [0, 0.05) is 9.77 Å². The Labute approximate surface area is 162 Å². The molecule has 26 heavy (non-hydrogen) atoms. The number of aromatic amines is 1. The molecule has 1 N–H and O–H groups in total. The molecule has 2 heterocycles. The standard InChI is InChI=1S/C21H24N2OS2/c1-11-9-12(2)14(4)19(13(11)3)25-10-17-22-20(24)18-15-7-5-6-8-16(15)26-21(18)23-17/h9H,5-8,10H2,1-4H3,(H,22,23,24). The summed E-state index contributed by atoms with van der Waals surface area (Å²) in [6, 6.07) is 2.25. The average Bonchev–Trinajstić information content (AvgIpc) is 2.99. The largest absolute Gasteiger partial charge is 0.309 e. The van der Waals surface area contributed by atoms with Crippen molar-refractivity contribution in [3.63, 3.8) is 0 Å². The Morgan fingerprint density at radius 1 is 1.12 bits per heavy atom. The number of hydrogen-bond acceptors (Lipinski definition) is 4. The van der Waals surface area contributed by atoms with Gasteiger partial charge in [0.2, 0.25) is 0 Å². The molecule has 0 atom stereocenters. The molecule has 0 fully saturated rings. The zero-order chi connectivity index (χ0) is 18.4. The van der Waals surface area contributed by atoms with Crippen LogP contribution < -0.4 is 5.56 Å². The van der Waals surface area contributed by atoms with E-state index in [0.29, 0.717) is 5.75 Å². The smallest absolute Gasteiger partial charge is 0.259 e. The van der Waals surface area contributed by atoms with Gasteiger partial charge in [0.1, 0.15) is 10.7 Å². The summed E-state index contributed by atoms with van der Waals surface area (Å²) in [7, 11) is 0. The Morgan fingerprint density at radius 2 is 1.81 bits per heavy atom. The Kier molecular flexibility index (Phi) is 4.70. The molecule has 136 valence electrons. The van der Waals surface area contributed by atoms with E-state index in [1.54, 1.807) is 23.1 Å². The molecule has 1 aromatic carbocycles. The van der Waals surface area contributed by atoms with E-state index >= 15 is 0 Å². The Balaban J connectivity index is 1.68. The second-order valence-electron chi connectivity index (χ2n) is 7.28. The molecule has 3 aromatic rings. The van der Waals surface area contributed by atoms with Crippen molar-refractivity contribution in [3.8, 4) is 0 Å². The maximum absolute atomic E-state index is 12.7. The van der Waals surface area contributed by atoms with Crippen molar-refractivity contribution in [2.75, 3.05) is 0 Å². The molecule has 0 amide bonds. The third kappa shape index (κ3) is 3.01. The van der Waals surface area contributed by atoms with Crippen molar-refractivity contribution in [1.82, 2.24) is 9.97 Å². The van der Waals surface area contributed by atoms with Crippen LogP contribution in [0.5, 0.6) is 0 Å². The van der Waals surface area contributed by atoms with Crippen LogP contribution in [0.4, 0.5) is 0 Å². The summed E-state index contributed by atoms with van der Waals surface area (Å²) in [5, 5.41) is 0.845. The number of aromatic nitrogens is 2. The highest BCUT2D eigenvalue weighted by molar-refractivity contribution is 7.98. The number of H-pyrrole nitrogens is 1. The van der Waals surface area contributed by atoms with Crippen molar-refractivity contribution in [1.29, 1.82) is 0 Å². The van der Waals surface area contributed by atoms with Gasteiger partial charge < -0.3 is 4.98 Å². The fourth-order valence-corrected chi connectivity index (χ4v) is 6.27. The van der Waals surface area contributed by atoms with Crippen LogP contribution in [0, 0.1) is 27.7 Å². The second kappa shape index (κ2) is 6.86. The molecular weight excluding hydrogens is 360 g/mol. The lowest BCUT2D eigenvalue weighted by molar-refractivity contribution is 0.700. The van der Waals surface area contributed by atoms with Crippen LogP contribution in [0.3, 0.4) is 0 Å². The number of fused-ring (bicyclic) bond motifs is 3. The van der Waals surface area contributed by atoms with Gasteiger partial charge in [-0.05, 0) is 81.2 Å². The van der Waals surface area contributed by atoms with Gasteiger partial charge in [-0.2, -0.15) is 0 Å². The first kappa shape index (κ1) is 17.8. The number of benzene rings is 1. The van der Waals surface area contributed by atoms with Crippen LogP contribution in [0.2, 0.25) is 0 Å². The van der Waals surface area contributed by atoms with Crippen molar-refractivity contribution >= 4 is 33.3 Å². The highest BCUT2D eigenvalue weighted by atomic mass is 32.2. The van der Waals surface area contributed by atoms with Crippen molar-refractivity contribution in [3.05, 3.63) is 54.9 Å². The predicted molar refractivity (Wildman–Crippen MR) is 112 cm³/mol. The number of hydrogen-bond donors (Lipinski definition) is 1. The minimum atomic E-state index is 0.0406. The third-order valence-corrected chi connectivity index (χ3v) is 8.03. The van der Waals surface area contributed by atoms with E-state index < -0.39 is 0 Å². The highest BCUT2D eigenvalue weighted by Gasteiger charge is 2.20. The number of rotatable bonds is 3. The summed E-state index contributed by atoms with van der Waals surface area (Å²) in [6.45, 7) is 8.68. The van der Waals surface area contributed by atoms with E-state index in [4.69, 9.17) is 4.98 Å². The summed E-state index contributed by atoms with van der Waals surface area (Å²) >= 11 is 3.50. The maximum Gasteiger partial charge on any atom is 0.259 e. The molecule has 0 unspecified atom stereocenters. The van der Waals surface area contributed by atoms with Crippen LogP contribution in [0.1, 0.15) is 51.4 Å². The summed E-state index contributed by atoms with van der Waals surface area (Å²) in [4.78, 5) is 24.1. The van der Waals surface area contributed by atoms with Crippen molar-refractivity contribution in [2.24, 2.45) is 0 Å². The zero-order valence-electron chi connectivity index (χ0n) is 15.8. The van der Waals surface area contributed by atoms with Gasteiger partial charge in [-0.1, -0.05) is 6.07 Å². The number of aryl methyl sites for hydroxylation is 4. The van der Waals surface area contributed by atoms with Gasteiger partial charge in [0.15, 0.2) is 0 Å². The number of nitrogens with one attached hydrogen (secondary N) is 1. The molecule has 0 spiro atoms. The van der Waals surface area contributed by atoms with E-state index in [-0.39, 0.29) is 5.56 Å². The number of thioether (sulfide) groups is 1. The molecule has 1 aliphatic carbocycles. The van der Waals surface area contributed by atoms with Gasteiger partial charge in [0.25, 0.3) is 5.56 Å². The SMILES string of the molecule is Cc1cc(C)c(C)c(SCc2nc3sc4c(c3c(=O)[nH]2)CCCC4)c1C. The molecule has 0 saturated heterocycles. The van der Waals surface area contributed by atoms with E-state index in [9.17, 15) is 4.79 Å². The predicted octanol–water partition coefficient (Wildman–Crippen LogP) is 5.39. The Hall–Kier alpha value is -1.59. The quantitative estimate of drug-likeness (QED) is 0.616. The molecule has 4 rings (SSSR count). The first-order valence-corrected chi connectivity index (χ1v) is 11.0. The lowest BCUT2D eigenvalue weighted by Crippen LogP contribution is -2.12. The van der Waals surface area contributed by atoms with E-state index in [1.807, 2.05) is 0 Å². The van der Waals surface area contributed by atoms with Gasteiger partial charge in [-0.25, -0.2) is 4.98 Å². The van der Waals surface area contributed by atoms with E-state index in [2.05, 4.69) is 38.7 Å². The second-order valence-corrected chi connectivity index (χ2v) is 9.35. The monoisotopic (exact) mass is 384 g/mol. The molecule has 0 bridgehead atoms. The summed E-state index contributed by atoms with van der Waals surface area (Å²) in [6.07, 6.45) is 4.53. The van der Waals surface area contributed by atoms with Gasteiger partial charge in [0.05, 0.1) is 11.1 Å². The molecule has 2 aromatic heterocycles. The fraction of sp³-hybridized carbons (Fsp3) is 0.429. The fourth-order valence-electron chi connectivity index (χ4n) is 3.81. The molecule has 1 aliphatic rings. The molecule has 0 saturated carbocycles. The molecule has 0 radical (unpaired) electrons. The van der Waals surface area contributed by atoms with Crippen LogP contribution >= 0.6 is 23.1 Å². The van der Waals surface area contributed by atoms with E-state index in [0.717, 1.165) is 28.9 Å². The lowest BCUT2D eigenvalue weighted by atomic mass is 9.97. The normalized spacial score (nSPS) is 14.0. The zero-order valence-corrected chi connectivity index (χ0v) is 17.4. The molecular formula is C21H24N2OS2. The third-order valence-electron chi connectivity index (χ3n) is 5.52. The van der Waals surface area contributed by atoms with Crippen LogP contribution in [0.25, 0.3) is 10.2 Å². The minimum absolute atomic E-state index is 0.0406. The summed E-state index contributed by atoms with van der Waals surface area (Å²) in [5.74, 6) is 1.47. The van der Waals surface area contributed by atoms with Crippen LogP contribution in [0.15, 0.2) is 15.8 Å². The average molecular weight is 385 g/mol. The lowest BCUT2D eigenvalue weighted by Gasteiger charge is -2.14. The maximum atomic E-state index is 12.7. The molecule has 3 nitrogen and oxygen atoms in total. The van der Waals surface area contributed by atoms with E-state index in [1.165, 1.54) is 50.4 Å². The van der Waals surface area contributed by atoms with Crippen molar-refractivity contribution in [2.45, 2.75) is 64.0 Å². The topological polar surface area (TPSA) is 45.8 Å². The first-order chi connectivity index (χ1) is 12.5. The molecule has 0 aliphatic heterocycles. The first-order valence-electron chi connectivity index (χ1n) is 9.19. The summed E-state index contributed by atoms with van der Waals surface area (Å²) < 4.78 is 0. The number of thiophene rings is 1. The van der Waals surface area contributed by atoms with Gasteiger partial charge >= 0.3 is 0 Å². The molecule has 5 heteroatoms. The minimum Gasteiger partial charge on any atom is -0.309 e. The van der Waals surface area contributed by atoms with Crippen LogP contribution in [-0.4, -0.2) is 9.97 Å². The van der Waals surface area contributed by atoms with Gasteiger partial charge in [-0.3, -0.25) is 4.79 Å².